The first-order valence-corrected chi connectivity index (χ1v) is 9.08. The SMILES string of the molecule is Cc1ccc(Cl)cc1N1CCN(C(=O)c2n[nH]c3c2CNCC3)CC1.Cl. The molecule has 6 nitrogen and oxygen atoms in total. The van der Waals surface area contributed by atoms with E-state index in [0.717, 1.165) is 48.0 Å². The molecule has 26 heavy (non-hydrogen) atoms. The van der Waals surface area contributed by atoms with Gasteiger partial charge in [-0.25, -0.2) is 0 Å². The molecule has 2 N–H and O–H groups in total. The lowest BCUT2D eigenvalue weighted by molar-refractivity contribution is 0.0739. The number of H-pyrrole nitrogens is 1. The monoisotopic (exact) mass is 395 g/mol. The van der Waals surface area contributed by atoms with Gasteiger partial charge < -0.3 is 15.1 Å². The summed E-state index contributed by atoms with van der Waals surface area (Å²) in [6, 6.07) is 5.96. The predicted molar refractivity (Wildman–Crippen MR) is 106 cm³/mol. The number of fused-ring (bicyclic) bond motifs is 1. The molecule has 1 aromatic heterocycles. The van der Waals surface area contributed by atoms with Gasteiger partial charge >= 0.3 is 0 Å². The average Bonchev–Trinajstić information content (AvgIpc) is 3.07. The zero-order chi connectivity index (χ0) is 17.4. The van der Waals surface area contributed by atoms with Gasteiger partial charge in [0.05, 0.1) is 0 Å². The van der Waals surface area contributed by atoms with E-state index in [4.69, 9.17) is 11.6 Å². The summed E-state index contributed by atoms with van der Waals surface area (Å²) in [6.45, 7) is 6.73. The number of halogens is 2. The second kappa shape index (κ2) is 7.86. The number of aromatic nitrogens is 2. The van der Waals surface area contributed by atoms with Crippen molar-refractivity contribution in [2.45, 2.75) is 19.9 Å². The lowest BCUT2D eigenvalue weighted by atomic mass is 10.1. The molecule has 0 spiro atoms. The van der Waals surface area contributed by atoms with Gasteiger partial charge in [-0.15, -0.1) is 12.4 Å². The second-order valence-corrected chi connectivity index (χ2v) is 7.10. The van der Waals surface area contributed by atoms with E-state index in [0.29, 0.717) is 25.3 Å². The van der Waals surface area contributed by atoms with E-state index in [-0.39, 0.29) is 18.3 Å². The molecule has 0 saturated carbocycles. The van der Waals surface area contributed by atoms with Crippen molar-refractivity contribution in [1.29, 1.82) is 0 Å². The van der Waals surface area contributed by atoms with E-state index in [9.17, 15) is 4.79 Å². The average molecular weight is 396 g/mol. The fraction of sp³-hybridized carbons (Fsp3) is 0.444. The quantitative estimate of drug-likeness (QED) is 0.819. The molecule has 2 aliphatic rings. The standard InChI is InChI=1S/C18H22ClN5O.ClH/c1-12-2-3-13(19)10-16(12)23-6-8-24(9-7-23)18(25)17-14-11-20-5-4-15(14)21-22-17;/h2-3,10,20H,4-9,11H2,1H3,(H,21,22);1H. The zero-order valence-electron chi connectivity index (χ0n) is 14.7. The molecule has 140 valence electrons. The Labute approximate surface area is 164 Å². The van der Waals surface area contributed by atoms with Crippen molar-refractivity contribution >= 4 is 35.6 Å². The smallest absolute Gasteiger partial charge is 0.274 e. The van der Waals surface area contributed by atoms with Crippen LogP contribution in [0.25, 0.3) is 0 Å². The van der Waals surface area contributed by atoms with Crippen LogP contribution in [0.4, 0.5) is 5.69 Å². The van der Waals surface area contributed by atoms with Crippen LogP contribution in [-0.4, -0.2) is 53.7 Å². The molecule has 1 amide bonds. The third-order valence-corrected chi connectivity index (χ3v) is 5.32. The van der Waals surface area contributed by atoms with Crippen LogP contribution < -0.4 is 10.2 Å². The maximum absolute atomic E-state index is 12.9. The van der Waals surface area contributed by atoms with Gasteiger partial charge in [0.15, 0.2) is 5.69 Å². The number of carbonyl (C=O) groups excluding carboxylic acids is 1. The molecule has 1 aromatic carbocycles. The molecule has 0 unspecified atom stereocenters. The number of benzene rings is 1. The minimum atomic E-state index is 0. The van der Waals surface area contributed by atoms with E-state index >= 15 is 0 Å². The van der Waals surface area contributed by atoms with Crippen LogP contribution in [0.2, 0.25) is 5.02 Å². The number of rotatable bonds is 2. The fourth-order valence-electron chi connectivity index (χ4n) is 3.63. The molecule has 8 heteroatoms. The molecule has 0 radical (unpaired) electrons. The first kappa shape index (κ1) is 19.0. The minimum Gasteiger partial charge on any atom is -0.368 e. The van der Waals surface area contributed by atoms with E-state index in [2.05, 4.69) is 27.3 Å². The number of nitrogens with zero attached hydrogens (tertiary/aromatic N) is 3. The minimum absolute atomic E-state index is 0. The highest BCUT2D eigenvalue weighted by Gasteiger charge is 2.28. The van der Waals surface area contributed by atoms with E-state index in [1.165, 1.54) is 5.56 Å². The summed E-state index contributed by atoms with van der Waals surface area (Å²) >= 11 is 6.14. The summed E-state index contributed by atoms with van der Waals surface area (Å²) in [7, 11) is 0. The second-order valence-electron chi connectivity index (χ2n) is 6.67. The van der Waals surface area contributed by atoms with Gasteiger partial charge in [0.1, 0.15) is 0 Å². The summed E-state index contributed by atoms with van der Waals surface area (Å²) in [5, 5.41) is 11.4. The number of piperazine rings is 1. The first-order chi connectivity index (χ1) is 12.1. The number of anilines is 1. The van der Waals surface area contributed by atoms with Crippen LogP contribution in [0.3, 0.4) is 0 Å². The van der Waals surface area contributed by atoms with Gasteiger partial charge in [0, 0.05) is 67.7 Å². The summed E-state index contributed by atoms with van der Waals surface area (Å²) < 4.78 is 0. The Morgan fingerprint density at radius 2 is 2.00 bits per heavy atom. The summed E-state index contributed by atoms with van der Waals surface area (Å²) in [6.07, 6.45) is 0.900. The predicted octanol–water partition coefficient (Wildman–Crippen LogP) is 2.40. The molecule has 3 heterocycles. The van der Waals surface area contributed by atoms with Crippen molar-refractivity contribution in [3.8, 4) is 0 Å². The summed E-state index contributed by atoms with van der Waals surface area (Å²) in [5.74, 6) is 0.0312. The molecule has 4 rings (SSSR count). The van der Waals surface area contributed by atoms with Gasteiger partial charge in [-0.3, -0.25) is 9.89 Å². The number of aromatic amines is 1. The van der Waals surface area contributed by atoms with Gasteiger partial charge in [-0.2, -0.15) is 5.10 Å². The zero-order valence-corrected chi connectivity index (χ0v) is 16.3. The Morgan fingerprint density at radius 1 is 1.23 bits per heavy atom. The van der Waals surface area contributed by atoms with Gasteiger partial charge in [-0.05, 0) is 24.6 Å². The van der Waals surface area contributed by atoms with Crippen molar-refractivity contribution in [3.63, 3.8) is 0 Å². The van der Waals surface area contributed by atoms with E-state index in [1.54, 1.807) is 0 Å². The van der Waals surface area contributed by atoms with Crippen molar-refractivity contribution in [2.24, 2.45) is 0 Å². The molecular weight excluding hydrogens is 373 g/mol. The lowest BCUT2D eigenvalue weighted by Crippen LogP contribution is -2.49. The molecule has 2 aliphatic heterocycles. The van der Waals surface area contributed by atoms with Gasteiger partial charge in [-0.1, -0.05) is 17.7 Å². The molecule has 1 saturated heterocycles. The van der Waals surface area contributed by atoms with Crippen LogP contribution in [0.5, 0.6) is 0 Å². The van der Waals surface area contributed by atoms with Crippen molar-refractivity contribution in [3.05, 3.63) is 45.7 Å². The Morgan fingerprint density at radius 3 is 2.77 bits per heavy atom. The molecule has 0 bridgehead atoms. The van der Waals surface area contributed by atoms with Crippen LogP contribution >= 0.6 is 24.0 Å². The number of carbonyl (C=O) groups is 1. The van der Waals surface area contributed by atoms with E-state index < -0.39 is 0 Å². The topological polar surface area (TPSA) is 64.3 Å². The van der Waals surface area contributed by atoms with Crippen LogP contribution in [0, 0.1) is 6.92 Å². The van der Waals surface area contributed by atoms with Crippen LogP contribution in [0.15, 0.2) is 18.2 Å². The highest BCUT2D eigenvalue weighted by atomic mass is 35.5. The van der Waals surface area contributed by atoms with Gasteiger partial charge in [0.25, 0.3) is 5.91 Å². The molecular formula is C18H23Cl2N5O. The number of nitrogens with one attached hydrogen (secondary N) is 2. The summed E-state index contributed by atoms with van der Waals surface area (Å²) in [4.78, 5) is 17.1. The Balaban J connectivity index is 0.00000196. The number of hydrogen-bond donors (Lipinski definition) is 2. The third-order valence-electron chi connectivity index (χ3n) is 5.09. The highest BCUT2D eigenvalue weighted by molar-refractivity contribution is 6.30. The van der Waals surface area contributed by atoms with E-state index in [1.807, 2.05) is 23.1 Å². The first-order valence-electron chi connectivity index (χ1n) is 8.70. The highest BCUT2D eigenvalue weighted by Crippen LogP contribution is 2.26. The molecule has 1 fully saturated rings. The Kier molecular flexibility index (Phi) is 5.75. The maximum atomic E-state index is 12.9. The van der Waals surface area contributed by atoms with Crippen molar-refractivity contribution in [2.75, 3.05) is 37.6 Å². The maximum Gasteiger partial charge on any atom is 0.274 e. The third kappa shape index (κ3) is 3.54. The fourth-order valence-corrected chi connectivity index (χ4v) is 3.79. The largest absolute Gasteiger partial charge is 0.368 e. The van der Waals surface area contributed by atoms with Gasteiger partial charge in [0.2, 0.25) is 0 Å². The number of aryl methyl sites for hydroxylation is 1. The Hall–Kier alpha value is -1.76. The number of hydrogen-bond acceptors (Lipinski definition) is 4. The number of amides is 1. The van der Waals surface area contributed by atoms with Crippen molar-refractivity contribution in [1.82, 2.24) is 20.4 Å². The lowest BCUT2D eigenvalue weighted by Gasteiger charge is -2.36. The normalized spacial score (nSPS) is 16.8. The Bertz CT molecular complexity index is 799. The molecule has 0 atom stereocenters. The van der Waals surface area contributed by atoms with Crippen molar-refractivity contribution < 1.29 is 4.79 Å². The molecule has 0 aliphatic carbocycles. The summed E-state index contributed by atoms with van der Waals surface area (Å²) in [5.41, 5.74) is 5.06. The van der Waals surface area contributed by atoms with Crippen LogP contribution in [0.1, 0.15) is 27.3 Å². The molecule has 2 aromatic rings. The van der Waals surface area contributed by atoms with Crippen LogP contribution in [-0.2, 0) is 13.0 Å².